The van der Waals surface area contributed by atoms with Crippen LogP contribution < -0.4 is 4.74 Å². The number of ether oxygens (including phenoxy) is 4. The molecule has 0 bridgehead atoms. The van der Waals surface area contributed by atoms with E-state index < -0.39 is 0 Å². The van der Waals surface area contributed by atoms with Gasteiger partial charge in [0.2, 0.25) is 0 Å². The second-order valence-corrected chi connectivity index (χ2v) is 4.74. The molecule has 0 heterocycles. The fourth-order valence-electron chi connectivity index (χ4n) is 2.01. The van der Waals surface area contributed by atoms with Gasteiger partial charge in [0.1, 0.15) is 5.75 Å². The Morgan fingerprint density at radius 1 is 1.14 bits per heavy atom. The lowest BCUT2D eigenvalue weighted by molar-refractivity contribution is -0.145. The molecule has 0 aromatic heterocycles. The minimum Gasteiger partial charge on any atom is -0.482 e. The van der Waals surface area contributed by atoms with Crippen LogP contribution in [0, 0.1) is 13.8 Å². The number of carbonyl (C=O) groups excluding carboxylic acids is 1. The first-order valence-corrected chi connectivity index (χ1v) is 6.95. The minimum absolute atomic E-state index is 0.0771. The minimum atomic E-state index is -0.363. The fourth-order valence-corrected chi connectivity index (χ4v) is 2.01. The van der Waals surface area contributed by atoms with E-state index in [-0.39, 0.29) is 18.9 Å². The number of hydrogen-bond donors (Lipinski definition) is 0. The molecular formula is C16H24O5. The Bertz CT molecular complexity index is 466. The fraction of sp³-hybridized carbons (Fsp3) is 0.562. The van der Waals surface area contributed by atoms with Gasteiger partial charge in [-0.25, -0.2) is 4.79 Å². The van der Waals surface area contributed by atoms with E-state index in [2.05, 4.69) is 0 Å². The summed E-state index contributed by atoms with van der Waals surface area (Å²) in [4.78, 5) is 11.3. The predicted octanol–water partition coefficient (Wildman–Crippen LogP) is 2.41. The second-order valence-electron chi connectivity index (χ2n) is 4.74. The van der Waals surface area contributed by atoms with Crippen molar-refractivity contribution in [2.75, 3.05) is 27.4 Å². The number of methoxy groups -OCH3 is 2. The maximum atomic E-state index is 11.3. The van der Waals surface area contributed by atoms with Crippen LogP contribution in [0.15, 0.2) is 12.1 Å². The van der Waals surface area contributed by atoms with E-state index in [1.54, 1.807) is 21.1 Å². The zero-order valence-corrected chi connectivity index (χ0v) is 13.4. The van der Waals surface area contributed by atoms with E-state index in [9.17, 15) is 4.79 Å². The van der Waals surface area contributed by atoms with E-state index >= 15 is 0 Å². The molecule has 0 radical (unpaired) electrons. The van der Waals surface area contributed by atoms with Crippen LogP contribution in [0.5, 0.6) is 5.75 Å². The van der Waals surface area contributed by atoms with E-state index in [0.717, 1.165) is 16.7 Å². The number of esters is 1. The van der Waals surface area contributed by atoms with Gasteiger partial charge in [-0.3, -0.25) is 0 Å². The molecule has 0 saturated carbocycles. The molecule has 21 heavy (non-hydrogen) atoms. The van der Waals surface area contributed by atoms with Crippen LogP contribution in [0.25, 0.3) is 0 Å². The quantitative estimate of drug-likeness (QED) is 0.544. The molecule has 0 N–H and O–H groups in total. The molecule has 0 saturated heterocycles. The third kappa shape index (κ3) is 5.36. The molecule has 1 aromatic rings. The average Bonchev–Trinajstić information content (AvgIpc) is 2.46. The third-order valence-electron chi connectivity index (χ3n) is 3.20. The van der Waals surface area contributed by atoms with Crippen molar-refractivity contribution >= 4 is 5.97 Å². The van der Waals surface area contributed by atoms with Crippen LogP contribution in [0.2, 0.25) is 0 Å². The molecule has 5 heteroatoms. The molecule has 0 amide bonds. The van der Waals surface area contributed by atoms with Gasteiger partial charge in [-0.2, -0.15) is 0 Å². The Hall–Kier alpha value is -1.59. The van der Waals surface area contributed by atoms with Gasteiger partial charge < -0.3 is 18.9 Å². The van der Waals surface area contributed by atoms with Crippen LogP contribution in [0.4, 0.5) is 0 Å². The highest BCUT2D eigenvalue weighted by atomic mass is 16.7. The summed E-state index contributed by atoms with van der Waals surface area (Å²) >= 11 is 0. The monoisotopic (exact) mass is 296 g/mol. The van der Waals surface area contributed by atoms with Crippen molar-refractivity contribution in [3.63, 3.8) is 0 Å². The number of aryl methyl sites for hydroxylation is 2. The molecule has 0 atom stereocenters. The van der Waals surface area contributed by atoms with Gasteiger partial charge in [0.15, 0.2) is 12.9 Å². The molecule has 0 spiro atoms. The zero-order chi connectivity index (χ0) is 15.8. The Kier molecular flexibility index (Phi) is 7.19. The van der Waals surface area contributed by atoms with E-state index in [4.69, 9.17) is 18.9 Å². The van der Waals surface area contributed by atoms with Crippen LogP contribution in [0.1, 0.15) is 23.6 Å². The first-order valence-electron chi connectivity index (χ1n) is 6.95. The number of hydrogen-bond acceptors (Lipinski definition) is 5. The molecule has 0 fully saturated rings. The average molecular weight is 296 g/mol. The van der Waals surface area contributed by atoms with Gasteiger partial charge >= 0.3 is 5.97 Å². The van der Waals surface area contributed by atoms with Crippen molar-refractivity contribution in [2.45, 2.75) is 33.5 Å². The molecular weight excluding hydrogens is 272 g/mol. The van der Waals surface area contributed by atoms with Crippen LogP contribution in [0.3, 0.4) is 0 Å². The largest absolute Gasteiger partial charge is 0.482 e. The summed E-state index contributed by atoms with van der Waals surface area (Å²) in [5.74, 6) is 0.327. The highest BCUT2D eigenvalue weighted by Gasteiger charge is 2.12. The lowest BCUT2D eigenvalue weighted by atomic mass is 10.0. The van der Waals surface area contributed by atoms with Crippen molar-refractivity contribution in [3.8, 4) is 5.75 Å². The lowest BCUT2D eigenvalue weighted by Gasteiger charge is -2.17. The molecule has 118 valence electrons. The standard InChI is InChI=1S/C16H24O5/c1-6-20-15(17)10-21-14-8-11(2)13(7-12(14)3)9-16(18-4)19-5/h7-8,16H,6,9-10H2,1-5H3. The smallest absolute Gasteiger partial charge is 0.344 e. The van der Waals surface area contributed by atoms with Gasteiger partial charge in [0, 0.05) is 20.6 Å². The summed E-state index contributed by atoms with van der Waals surface area (Å²) < 4.78 is 20.8. The summed E-state index contributed by atoms with van der Waals surface area (Å²) in [5.41, 5.74) is 3.16. The molecule has 0 unspecified atom stereocenters. The lowest BCUT2D eigenvalue weighted by Crippen LogP contribution is -2.17. The Morgan fingerprint density at radius 2 is 1.81 bits per heavy atom. The Labute approximate surface area is 126 Å². The highest BCUT2D eigenvalue weighted by Crippen LogP contribution is 2.24. The van der Waals surface area contributed by atoms with Crippen LogP contribution in [-0.4, -0.2) is 39.7 Å². The van der Waals surface area contributed by atoms with Crippen molar-refractivity contribution in [2.24, 2.45) is 0 Å². The van der Waals surface area contributed by atoms with Crippen molar-refractivity contribution in [1.29, 1.82) is 0 Å². The molecule has 1 aromatic carbocycles. The number of rotatable bonds is 8. The van der Waals surface area contributed by atoms with Crippen molar-refractivity contribution in [3.05, 3.63) is 28.8 Å². The van der Waals surface area contributed by atoms with Gasteiger partial charge in [0.25, 0.3) is 0 Å². The maximum absolute atomic E-state index is 11.3. The first kappa shape index (κ1) is 17.5. The molecule has 0 aliphatic heterocycles. The summed E-state index contributed by atoms with van der Waals surface area (Å²) in [6.07, 6.45) is 0.395. The van der Waals surface area contributed by atoms with Crippen molar-refractivity contribution < 1.29 is 23.7 Å². The van der Waals surface area contributed by atoms with Gasteiger partial charge in [-0.05, 0) is 43.5 Å². The zero-order valence-electron chi connectivity index (χ0n) is 13.4. The van der Waals surface area contributed by atoms with Gasteiger partial charge in [-0.15, -0.1) is 0 Å². The van der Waals surface area contributed by atoms with Crippen LogP contribution in [-0.2, 0) is 25.4 Å². The van der Waals surface area contributed by atoms with Crippen molar-refractivity contribution in [1.82, 2.24) is 0 Å². The summed E-state index contributed by atoms with van der Waals surface area (Å²) in [5, 5.41) is 0. The molecule has 0 aliphatic rings. The maximum Gasteiger partial charge on any atom is 0.344 e. The highest BCUT2D eigenvalue weighted by molar-refractivity contribution is 5.71. The van der Waals surface area contributed by atoms with E-state index in [1.807, 2.05) is 26.0 Å². The molecule has 0 aliphatic carbocycles. The second kappa shape index (κ2) is 8.64. The Balaban J connectivity index is 2.77. The van der Waals surface area contributed by atoms with E-state index in [0.29, 0.717) is 18.8 Å². The van der Waals surface area contributed by atoms with E-state index in [1.165, 1.54) is 0 Å². The summed E-state index contributed by atoms with van der Waals surface area (Å²) in [6.45, 7) is 5.98. The molecule has 1 rings (SSSR count). The molecule has 5 nitrogen and oxygen atoms in total. The third-order valence-corrected chi connectivity index (χ3v) is 3.20. The first-order chi connectivity index (χ1) is 10.0. The number of carbonyl (C=O) groups is 1. The normalized spacial score (nSPS) is 10.8. The van der Waals surface area contributed by atoms with Gasteiger partial charge in [-0.1, -0.05) is 6.07 Å². The number of benzene rings is 1. The predicted molar refractivity (Wildman–Crippen MR) is 79.6 cm³/mol. The summed E-state index contributed by atoms with van der Waals surface area (Å²) in [7, 11) is 3.24. The Morgan fingerprint density at radius 3 is 2.38 bits per heavy atom. The SMILES string of the molecule is CCOC(=O)COc1cc(C)c(CC(OC)OC)cc1C. The summed E-state index contributed by atoms with van der Waals surface area (Å²) in [6, 6.07) is 3.95. The van der Waals surface area contributed by atoms with Gasteiger partial charge in [0.05, 0.1) is 6.61 Å². The van der Waals surface area contributed by atoms with Crippen LogP contribution >= 0.6 is 0 Å². The topological polar surface area (TPSA) is 54.0 Å².